The van der Waals surface area contributed by atoms with E-state index < -0.39 is 6.03 Å². The first kappa shape index (κ1) is 14.8. The molecule has 1 aromatic carbocycles. The van der Waals surface area contributed by atoms with E-state index in [2.05, 4.69) is 25.6 Å². The highest BCUT2D eigenvalue weighted by Gasteiger charge is 2.20. The van der Waals surface area contributed by atoms with Gasteiger partial charge in [0.2, 0.25) is 5.95 Å². The molecule has 0 aliphatic rings. The van der Waals surface area contributed by atoms with Crippen molar-refractivity contribution in [3.05, 3.63) is 54.3 Å². The summed E-state index contributed by atoms with van der Waals surface area (Å²) < 4.78 is 6.39. The van der Waals surface area contributed by atoms with Crippen molar-refractivity contribution in [2.45, 2.75) is 6.54 Å². The minimum Gasteiger partial charge on any atom is -0.463 e. The zero-order valence-corrected chi connectivity index (χ0v) is 13.0. The molecule has 0 aliphatic heterocycles. The van der Waals surface area contributed by atoms with Crippen molar-refractivity contribution in [3.63, 3.8) is 0 Å². The highest BCUT2D eigenvalue weighted by Crippen LogP contribution is 2.25. The van der Waals surface area contributed by atoms with Gasteiger partial charge >= 0.3 is 6.03 Å². The zero-order valence-electron chi connectivity index (χ0n) is 13.0. The third-order valence-corrected chi connectivity index (χ3v) is 3.55. The van der Waals surface area contributed by atoms with Crippen molar-refractivity contribution in [1.29, 1.82) is 0 Å². The second kappa shape index (κ2) is 6.04. The van der Waals surface area contributed by atoms with Gasteiger partial charge in [0, 0.05) is 6.54 Å². The maximum absolute atomic E-state index is 12.4. The molecule has 25 heavy (non-hydrogen) atoms. The number of hydrogen-bond donors (Lipinski definition) is 2. The third kappa shape index (κ3) is 2.78. The van der Waals surface area contributed by atoms with Gasteiger partial charge in [0.05, 0.1) is 6.26 Å². The molecule has 0 aliphatic carbocycles. The van der Waals surface area contributed by atoms with Gasteiger partial charge in [-0.3, -0.25) is 0 Å². The number of carbonyl (C=O) groups is 1. The van der Waals surface area contributed by atoms with Crippen LogP contribution in [0.4, 0.5) is 10.7 Å². The van der Waals surface area contributed by atoms with Gasteiger partial charge in [0.1, 0.15) is 5.69 Å². The van der Waals surface area contributed by atoms with Crippen LogP contribution in [-0.2, 0) is 6.54 Å². The molecule has 0 saturated carbocycles. The average Bonchev–Trinajstić information content (AvgIpc) is 3.29. The number of nitrogens with one attached hydrogen (secondary N) is 1. The van der Waals surface area contributed by atoms with E-state index in [1.807, 2.05) is 30.3 Å². The molecule has 3 heterocycles. The van der Waals surface area contributed by atoms with Crippen LogP contribution >= 0.6 is 0 Å². The summed E-state index contributed by atoms with van der Waals surface area (Å²) in [6.07, 6.45) is 1.51. The number of fused-ring (bicyclic) bond motifs is 1. The van der Waals surface area contributed by atoms with E-state index in [4.69, 9.17) is 10.2 Å². The number of nitrogens with two attached hydrogens (primary N) is 1. The Morgan fingerprint density at radius 1 is 1.16 bits per heavy atom. The van der Waals surface area contributed by atoms with Crippen LogP contribution in [0.15, 0.2) is 53.1 Å². The van der Waals surface area contributed by atoms with Gasteiger partial charge < -0.3 is 15.5 Å². The zero-order chi connectivity index (χ0) is 17.2. The lowest BCUT2D eigenvalue weighted by Gasteiger charge is -2.05. The largest absolute Gasteiger partial charge is 0.463 e. The number of carbonyl (C=O) groups excluding carboxylic acids is 1. The summed E-state index contributed by atoms with van der Waals surface area (Å²) >= 11 is 0. The summed E-state index contributed by atoms with van der Waals surface area (Å²) in [5, 5.41) is 10.6. The van der Waals surface area contributed by atoms with Crippen LogP contribution in [0.1, 0.15) is 5.56 Å². The van der Waals surface area contributed by atoms with Crippen molar-refractivity contribution in [1.82, 2.24) is 30.3 Å². The maximum Gasteiger partial charge on any atom is 0.345 e. The molecule has 0 spiro atoms. The molecule has 0 atom stereocenters. The molecule has 9 heteroatoms. The van der Waals surface area contributed by atoms with E-state index in [0.29, 0.717) is 23.5 Å². The number of hydrogen-bond acceptors (Lipinski definition) is 7. The van der Waals surface area contributed by atoms with Crippen LogP contribution in [0.3, 0.4) is 0 Å². The van der Waals surface area contributed by atoms with Gasteiger partial charge in [0.25, 0.3) is 0 Å². The van der Waals surface area contributed by atoms with Crippen LogP contribution in [0.25, 0.3) is 22.6 Å². The molecule has 1 amide bonds. The predicted octanol–water partition coefficient (Wildman–Crippen LogP) is 1.82. The Labute approximate surface area is 141 Å². The summed E-state index contributed by atoms with van der Waals surface area (Å²) in [6, 6.07) is 12.5. The molecule has 0 fully saturated rings. The Kier molecular flexibility index (Phi) is 3.58. The second-order valence-corrected chi connectivity index (χ2v) is 5.23. The topological polar surface area (TPSA) is 125 Å². The SMILES string of the molecule is Nc1nc(-c2ccco2)c2nnn(C(=O)NCc3ccccc3)c2n1. The fourth-order valence-electron chi connectivity index (χ4n) is 2.40. The van der Waals surface area contributed by atoms with E-state index >= 15 is 0 Å². The van der Waals surface area contributed by atoms with Crippen molar-refractivity contribution in [3.8, 4) is 11.5 Å². The van der Waals surface area contributed by atoms with E-state index in [9.17, 15) is 4.79 Å². The molecule has 0 radical (unpaired) electrons. The van der Waals surface area contributed by atoms with E-state index in [-0.39, 0.29) is 11.6 Å². The highest BCUT2D eigenvalue weighted by molar-refractivity contribution is 5.92. The first-order valence-electron chi connectivity index (χ1n) is 7.47. The number of rotatable bonds is 3. The molecule has 3 aromatic heterocycles. The van der Waals surface area contributed by atoms with E-state index in [1.54, 1.807) is 12.1 Å². The molecule has 124 valence electrons. The predicted molar refractivity (Wildman–Crippen MR) is 89.3 cm³/mol. The summed E-state index contributed by atoms with van der Waals surface area (Å²) in [5.74, 6) is 0.467. The summed E-state index contributed by atoms with van der Waals surface area (Å²) in [7, 11) is 0. The molecule has 3 N–H and O–H groups in total. The molecular weight excluding hydrogens is 322 g/mol. The second-order valence-electron chi connectivity index (χ2n) is 5.23. The number of anilines is 1. The van der Waals surface area contributed by atoms with Crippen LogP contribution < -0.4 is 11.1 Å². The van der Waals surface area contributed by atoms with Gasteiger partial charge in [-0.1, -0.05) is 35.5 Å². The van der Waals surface area contributed by atoms with Gasteiger partial charge in [-0.2, -0.15) is 4.98 Å². The average molecular weight is 335 g/mol. The number of furan rings is 1. The number of nitrogen functional groups attached to an aromatic ring is 1. The van der Waals surface area contributed by atoms with Crippen molar-refractivity contribution in [2.75, 3.05) is 5.73 Å². The molecule has 4 rings (SSSR count). The Balaban J connectivity index is 1.67. The summed E-state index contributed by atoms with van der Waals surface area (Å²) in [6.45, 7) is 0.354. The van der Waals surface area contributed by atoms with Crippen LogP contribution in [0.2, 0.25) is 0 Å². The molecule has 0 bridgehead atoms. The molecule has 9 nitrogen and oxygen atoms in total. The molecular formula is C16H13N7O2. The Hall–Kier alpha value is -3.75. The smallest absolute Gasteiger partial charge is 0.345 e. The Morgan fingerprint density at radius 2 is 2.00 bits per heavy atom. The van der Waals surface area contributed by atoms with Crippen LogP contribution in [0.5, 0.6) is 0 Å². The van der Waals surface area contributed by atoms with Crippen molar-refractivity contribution in [2.24, 2.45) is 0 Å². The standard InChI is InChI=1S/C16H13N7O2/c17-15-19-12(11-7-4-8-25-11)13-14(20-15)23(22-21-13)16(24)18-9-10-5-2-1-3-6-10/h1-8H,9H2,(H,18,24)(H2,17,19,20). The Bertz CT molecular complexity index is 1030. The molecule has 4 aromatic rings. The minimum atomic E-state index is -0.463. The quantitative estimate of drug-likeness (QED) is 0.585. The van der Waals surface area contributed by atoms with Crippen LogP contribution in [0, 0.1) is 0 Å². The van der Waals surface area contributed by atoms with Gasteiger partial charge in [0.15, 0.2) is 16.9 Å². The van der Waals surface area contributed by atoms with Gasteiger partial charge in [-0.25, -0.2) is 9.78 Å². The fourth-order valence-corrected chi connectivity index (χ4v) is 2.40. The lowest BCUT2D eigenvalue weighted by atomic mass is 10.2. The monoisotopic (exact) mass is 335 g/mol. The summed E-state index contributed by atoms with van der Waals surface area (Å²) in [5.41, 5.74) is 7.65. The number of nitrogens with zero attached hydrogens (tertiary/aromatic N) is 5. The number of amides is 1. The lowest BCUT2D eigenvalue weighted by molar-refractivity contribution is 0.239. The van der Waals surface area contributed by atoms with Gasteiger partial charge in [-0.05, 0) is 17.7 Å². The van der Waals surface area contributed by atoms with E-state index in [1.165, 1.54) is 6.26 Å². The van der Waals surface area contributed by atoms with Gasteiger partial charge in [-0.15, -0.1) is 9.78 Å². The fraction of sp³-hybridized carbons (Fsp3) is 0.0625. The third-order valence-electron chi connectivity index (χ3n) is 3.55. The minimum absolute atomic E-state index is 0.00157. The summed E-state index contributed by atoms with van der Waals surface area (Å²) in [4.78, 5) is 20.6. The molecule has 0 saturated heterocycles. The maximum atomic E-state index is 12.4. The van der Waals surface area contributed by atoms with E-state index in [0.717, 1.165) is 10.2 Å². The lowest BCUT2D eigenvalue weighted by Crippen LogP contribution is -2.29. The number of aromatic nitrogens is 5. The van der Waals surface area contributed by atoms with Crippen molar-refractivity contribution < 1.29 is 9.21 Å². The first-order chi connectivity index (χ1) is 12.2. The normalized spacial score (nSPS) is 10.9. The molecule has 0 unspecified atom stereocenters. The number of benzene rings is 1. The first-order valence-corrected chi connectivity index (χ1v) is 7.47. The van der Waals surface area contributed by atoms with Crippen molar-refractivity contribution >= 4 is 23.1 Å². The Morgan fingerprint density at radius 3 is 2.76 bits per heavy atom. The van der Waals surface area contributed by atoms with Crippen LogP contribution in [-0.4, -0.2) is 31.0 Å². The highest BCUT2D eigenvalue weighted by atomic mass is 16.3.